The average Bonchev–Trinajstić information content (AvgIpc) is 3.60. The third-order valence-corrected chi connectivity index (χ3v) is 12.3. The van der Waals surface area contributed by atoms with Crippen molar-refractivity contribution in [2.45, 2.75) is 42.0 Å². The van der Waals surface area contributed by atoms with Gasteiger partial charge in [-0.05, 0) is 50.0 Å². The number of amides is 2. The van der Waals surface area contributed by atoms with Crippen molar-refractivity contribution in [3.05, 3.63) is 42.2 Å². The molecule has 0 saturated carbocycles. The molecule has 0 radical (unpaired) electrons. The molecule has 2 atom stereocenters. The number of likely N-dealkylation sites (tertiary alicyclic amines) is 2. The summed E-state index contributed by atoms with van der Waals surface area (Å²) in [6, 6.07) is 3.24. The lowest BCUT2D eigenvalue weighted by molar-refractivity contribution is -0.143. The normalized spacial score (nSPS) is 20.8. The molecular formula is C22H25Cl3N4O6S4. The molecule has 0 bridgehead atoms. The van der Waals surface area contributed by atoms with E-state index in [0.29, 0.717) is 48.0 Å². The van der Waals surface area contributed by atoms with Gasteiger partial charge in [0.1, 0.15) is 14.6 Å². The van der Waals surface area contributed by atoms with Crippen LogP contribution in [0, 0.1) is 0 Å². The lowest BCUT2D eigenvalue weighted by atomic mass is 10.1. The number of thiophene rings is 2. The highest BCUT2D eigenvalue weighted by molar-refractivity contribution is 7.92. The van der Waals surface area contributed by atoms with Crippen molar-refractivity contribution >= 4 is 95.4 Å². The second-order valence-electron chi connectivity index (χ2n) is 8.98. The average molecular weight is 676 g/mol. The smallest absolute Gasteiger partial charge is 0.250 e. The first-order valence-corrected chi connectivity index (χ1v) is 17.6. The fourth-order valence-electron chi connectivity index (χ4n) is 4.39. The minimum atomic E-state index is -3.92. The first-order chi connectivity index (χ1) is 18.3. The highest BCUT2D eigenvalue weighted by atomic mass is 35.5. The van der Waals surface area contributed by atoms with Gasteiger partial charge in [0.15, 0.2) is 0 Å². The molecule has 2 aromatic heterocycles. The molecule has 0 aromatic carbocycles. The van der Waals surface area contributed by atoms with Crippen LogP contribution in [0.25, 0.3) is 6.08 Å². The molecule has 0 aliphatic carbocycles. The highest BCUT2D eigenvalue weighted by Gasteiger charge is 2.36. The molecule has 39 heavy (non-hydrogen) atoms. The maximum Gasteiger partial charge on any atom is 0.250 e. The predicted octanol–water partition coefficient (Wildman–Crippen LogP) is 3.62. The quantitative estimate of drug-likeness (QED) is 0.396. The summed E-state index contributed by atoms with van der Waals surface area (Å²) >= 11 is 19.7. The number of sulfonamides is 2. The van der Waals surface area contributed by atoms with E-state index < -0.39 is 32.0 Å². The molecule has 214 valence electrons. The molecule has 4 rings (SSSR count). The molecule has 0 unspecified atom stereocenters. The van der Waals surface area contributed by atoms with Crippen molar-refractivity contribution < 1.29 is 26.4 Å². The minimum Gasteiger partial charge on any atom is -0.337 e. The zero-order valence-corrected chi connectivity index (χ0v) is 25.8. The van der Waals surface area contributed by atoms with Crippen molar-refractivity contribution in [2.24, 2.45) is 0 Å². The Morgan fingerprint density at radius 1 is 1.08 bits per heavy atom. The molecule has 2 N–H and O–H groups in total. The zero-order chi connectivity index (χ0) is 28.4. The van der Waals surface area contributed by atoms with Gasteiger partial charge in [0.05, 0.1) is 15.9 Å². The molecule has 2 aliphatic rings. The van der Waals surface area contributed by atoms with Gasteiger partial charge in [0.2, 0.25) is 31.9 Å². The van der Waals surface area contributed by atoms with Gasteiger partial charge < -0.3 is 9.80 Å². The van der Waals surface area contributed by atoms with Crippen LogP contribution in [-0.2, 0) is 29.6 Å². The molecular weight excluding hydrogens is 651 g/mol. The molecule has 4 heterocycles. The van der Waals surface area contributed by atoms with Gasteiger partial charge in [-0.2, -0.15) is 4.72 Å². The molecule has 10 nitrogen and oxygen atoms in total. The van der Waals surface area contributed by atoms with Gasteiger partial charge >= 0.3 is 0 Å². The fourth-order valence-corrected chi connectivity index (χ4v) is 9.45. The van der Waals surface area contributed by atoms with Crippen LogP contribution in [0.4, 0.5) is 0 Å². The predicted molar refractivity (Wildman–Crippen MR) is 154 cm³/mol. The van der Waals surface area contributed by atoms with Gasteiger partial charge in [-0.15, -0.1) is 22.7 Å². The summed E-state index contributed by atoms with van der Waals surface area (Å²) in [4.78, 5) is 29.7. The Morgan fingerprint density at radius 3 is 2.49 bits per heavy atom. The van der Waals surface area contributed by atoms with Crippen LogP contribution in [-0.4, -0.2) is 76.7 Å². The van der Waals surface area contributed by atoms with E-state index >= 15 is 0 Å². The van der Waals surface area contributed by atoms with Crippen LogP contribution in [0.3, 0.4) is 0 Å². The fraction of sp³-hybridized carbons (Fsp3) is 0.455. The van der Waals surface area contributed by atoms with Crippen molar-refractivity contribution in [1.82, 2.24) is 19.2 Å². The Kier molecular flexibility index (Phi) is 10.0. The summed E-state index contributed by atoms with van der Waals surface area (Å²) in [5, 5.41) is 1.13. The molecule has 2 aromatic rings. The van der Waals surface area contributed by atoms with Gasteiger partial charge in [-0.1, -0.05) is 34.8 Å². The van der Waals surface area contributed by atoms with Gasteiger partial charge in [0.25, 0.3) is 0 Å². The van der Waals surface area contributed by atoms with Crippen LogP contribution in [0.1, 0.15) is 30.6 Å². The van der Waals surface area contributed by atoms with Crippen molar-refractivity contribution in [1.29, 1.82) is 0 Å². The Hall–Kier alpha value is -1.23. The maximum atomic E-state index is 13.1. The number of carbonyl (C=O) groups is 2. The Balaban J connectivity index is 1.33. The maximum absolute atomic E-state index is 13.1. The summed E-state index contributed by atoms with van der Waals surface area (Å²) in [5.41, 5.74) is 0. The first kappa shape index (κ1) is 30.7. The second-order valence-corrected chi connectivity index (χ2v) is 16.4. The standard InChI is InChI=1S/C22H25Cl3N4O6S4/c23-16-11-20(37-21(16)25)39(34,35)26-12-14-3-1-9-29(14)19(30)13-28-8-2-4-17(22(28)31)27-38(32,33)10-7-15-5-6-18(24)36-15/h5-7,10-11,14,17,26-27H,1-4,8-9,12-13H2/b10-7+/t14-,17+/m1/s1. The molecule has 2 amide bonds. The molecule has 0 spiro atoms. The summed E-state index contributed by atoms with van der Waals surface area (Å²) < 4.78 is 55.9. The van der Waals surface area contributed by atoms with E-state index in [1.165, 1.54) is 28.4 Å². The number of nitrogens with zero attached hydrogens (tertiary/aromatic N) is 2. The minimum absolute atomic E-state index is 0.000626. The lowest BCUT2D eigenvalue weighted by Crippen LogP contribution is -2.55. The molecule has 17 heteroatoms. The third kappa shape index (κ3) is 7.95. The SMILES string of the molecule is O=C1[C@@H](NS(=O)(=O)/C=C/c2ccc(Cl)s2)CCCN1CC(=O)N1CCC[C@@H]1CNS(=O)(=O)c1cc(Cl)c(Cl)s1. The van der Waals surface area contributed by atoms with E-state index in [2.05, 4.69) is 9.44 Å². The monoisotopic (exact) mass is 674 g/mol. The zero-order valence-electron chi connectivity index (χ0n) is 20.3. The van der Waals surface area contributed by atoms with Gasteiger partial charge in [-0.25, -0.2) is 21.6 Å². The Labute approximate surface area is 250 Å². The number of rotatable bonds is 10. The largest absolute Gasteiger partial charge is 0.337 e. The summed E-state index contributed by atoms with van der Waals surface area (Å²) in [5.74, 6) is -0.807. The van der Waals surface area contributed by atoms with E-state index in [1.54, 1.807) is 17.0 Å². The Bertz CT molecular complexity index is 1450. The Morgan fingerprint density at radius 2 is 1.82 bits per heavy atom. The van der Waals surface area contributed by atoms with Gasteiger partial charge in [0, 0.05) is 36.0 Å². The molecule has 2 saturated heterocycles. The summed E-state index contributed by atoms with van der Waals surface area (Å²) in [7, 11) is -7.78. The van der Waals surface area contributed by atoms with Crippen molar-refractivity contribution in [3.63, 3.8) is 0 Å². The van der Waals surface area contributed by atoms with Crippen LogP contribution in [0.5, 0.6) is 0 Å². The number of hydrogen-bond donors (Lipinski definition) is 2. The summed E-state index contributed by atoms with van der Waals surface area (Å²) in [6.45, 7) is 0.522. The number of halogens is 3. The highest BCUT2D eigenvalue weighted by Crippen LogP contribution is 2.34. The van der Waals surface area contributed by atoms with Crippen LogP contribution < -0.4 is 9.44 Å². The number of piperidine rings is 1. The van der Waals surface area contributed by atoms with Crippen LogP contribution in [0.15, 0.2) is 27.8 Å². The number of nitrogens with one attached hydrogen (secondary N) is 2. The van der Waals surface area contributed by atoms with Gasteiger partial charge in [-0.3, -0.25) is 9.59 Å². The van der Waals surface area contributed by atoms with E-state index in [-0.39, 0.29) is 38.6 Å². The second kappa shape index (κ2) is 12.7. The molecule has 2 aliphatic heterocycles. The van der Waals surface area contributed by atoms with Crippen LogP contribution >= 0.6 is 57.5 Å². The van der Waals surface area contributed by atoms with E-state index in [1.807, 2.05) is 0 Å². The topological polar surface area (TPSA) is 133 Å². The third-order valence-electron chi connectivity index (χ3n) is 6.26. The van der Waals surface area contributed by atoms with Crippen molar-refractivity contribution in [3.8, 4) is 0 Å². The summed E-state index contributed by atoms with van der Waals surface area (Å²) in [6.07, 6.45) is 3.51. The van der Waals surface area contributed by atoms with E-state index in [4.69, 9.17) is 34.8 Å². The lowest BCUT2D eigenvalue weighted by Gasteiger charge is -2.34. The van der Waals surface area contributed by atoms with Crippen LogP contribution in [0.2, 0.25) is 13.7 Å². The first-order valence-electron chi connectivity index (χ1n) is 11.8. The van der Waals surface area contributed by atoms with Crippen molar-refractivity contribution in [2.75, 3.05) is 26.2 Å². The number of carbonyl (C=O) groups excluding carboxylic acids is 2. The molecule has 2 fully saturated rings. The van der Waals surface area contributed by atoms with E-state index in [0.717, 1.165) is 16.7 Å². The number of hydrogen-bond acceptors (Lipinski definition) is 8. The van der Waals surface area contributed by atoms with E-state index in [9.17, 15) is 26.4 Å².